The van der Waals surface area contributed by atoms with Crippen LogP contribution >= 0.6 is 0 Å². The number of aromatic nitrogens is 2. The van der Waals surface area contributed by atoms with Crippen LogP contribution in [0.3, 0.4) is 0 Å². The average molecular weight is 376 g/mol. The van der Waals surface area contributed by atoms with Crippen molar-refractivity contribution in [3.8, 4) is 11.5 Å². The molecule has 28 heavy (non-hydrogen) atoms. The molecule has 3 aromatic rings. The van der Waals surface area contributed by atoms with Crippen molar-refractivity contribution >= 4 is 17.3 Å². The molecule has 0 saturated carbocycles. The molecule has 4 rings (SSSR count). The van der Waals surface area contributed by atoms with Crippen molar-refractivity contribution in [1.82, 2.24) is 10.2 Å². The van der Waals surface area contributed by atoms with Gasteiger partial charge in [-0.25, -0.2) is 0 Å². The second-order valence-corrected chi connectivity index (χ2v) is 7.16. The number of carbonyl (C=O) groups is 1. The third-order valence-electron chi connectivity index (χ3n) is 4.92. The van der Waals surface area contributed by atoms with E-state index < -0.39 is 0 Å². The number of nitrogens with one attached hydrogen (secondary N) is 1. The number of anilines is 2. The molecule has 0 atom stereocenters. The third kappa shape index (κ3) is 4.39. The molecular formula is C22H24N4O2. The van der Waals surface area contributed by atoms with Gasteiger partial charge in [-0.2, -0.15) is 0 Å². The lowest BCUT2D eigenvalue weighted by atomic mass is 10.1. The highest BCUT2D eigenvalue weighted by molar-refractivity contribution is 5.90. The van der Waals surface area contributed by atoms with E-state index >= 15 is 0 Å². The normalized spacial score (nSPS) is 13.7. The summed E-state index contributed by atoms with van der Waals surface area (Å²) in [5.41, 5.74) is 4.04. The van der Waals surface area contributed by atoms with Gasteiger partial charge in [0.1, 0.15) is 0 Å². The zero-order valence-electron chi connectivity index (χ0n) is 16.0. The first-order valence-electron chi connectivity index (χ1n) is 9.72. The molecule has 1 aliphatic heterocycles. The molecule has 2 aromatic carbocycles. The maximum Gasteiger partial charge on any atom is 0.247 e. The number of rotatable bonds is 6. The first kappa shape index (κ1) is 18.2. The Morgan fingerprint density at radius 3 is 2.64 bits per heavy atom. The largest absolute Gasteiger partial charge is 0.421 e. The molecule has 1 aliphatic rings. The van der Waals surface area contributed by atoms with Gasteiger partial charge < -0.3 is 14.6 Å². The van der Waals surface area contributed by atoms with Crippen LogP contribution in [0.25, 0.3) is 11.5 Å². The van der Waals surface area contributed by atoms with E-state index in [1.165, 1.54) is 18.5 Å². The average Bonchev–Trinajstić information content (AvgIpc) is 3.39. The van der Waals surface area contributed by atoms with Crippen molar-refractivity contribution in [2.24, 2.45) is 0 Å². The van der Waals surface area contributed by atoms with E-state index in [-0.39, 0.29) is 5.91 Å². The summed E-state index contributed by atoms with van der Waals surface area (Å²) in [7, 11) is 0. The van der Waals surface area contributed by atoms with E-state index in [9.17, 15) is 4.79 Å². The molecule has 0 aliphatic carbocycles. The van der Waals surface area contributed by atoms with Gasteiger partial charge in [-0.15, -0.1) is 10.2 Å². The van der Waals surface area contributed by atoms with Crippen LogP contribution in [0.1, 0.15) is 30.7 Å². The van der Waals surface area contributed by atoms with Crippen molar-refractivity contribution in [3.05, 3.63) is 60.0 Å². The standard InChI is InChI=1S/C22H24N4O2/c1-16-5-4-6-17(15-16)22-25-24-21(28-22)12-11-20(27)23-18-7-9-19(10-8-18)26-13-2-3-14-26/h4-10,15H,2-3,11-14H2,1H3,(H,23,27). The van der Waals surface area contributed by atoms with Crippen LogP contribution in [0.5, 0.6) is 0 Å². The van der Waals surface area contributed by atoms with Gasteiger partial charge in [-0.3, -0.25) is 4.79 Å². The van der Waals surface area contributed by atoms with Crippen molar-refractivity contribution in [1.29, 1.82) is 0 Å². The van der Waals surface area contributed by atoms with E-state index in [1.54, 1.807) is 0 Å². The summed E-state index contributed by atoms with van der Waals surface area (Å²) in [5.74, 6) is 0.886. The molecule has 144 valence electrons. The maximum atomic E-state index is 12.2. The van der Waals surface area contributed by atoms with Gasteiger partial charge in [0.25, 0.3) is 0 Å². The number of hydrogen-bond acceptors (Lipinski definition) is 5. The molecule has 1 amide bonds. The van der Waals surface area contributed by atoms with E-state index in [2.05, 4.69) is 32.5 Å². The summed E-state index contributed by atoms with van der Waals surface area (Å²) in [6, 6.07) is 15.9. The van der Waals surface area contributed by atoms with Crippen LogP contribution in [0.15, 0.2) is 52.9 Å². The molecule has 1 saturated heterocycles. The fourth-order valence-corrected chi connectivity index (χ4v) is 3.42. The topological polar surface area (TPSA) is 71.3 Å². The molecule has 1 fully saturated rings. The molecule has 0 spiro atoms. The highest BCUT2D eigenvalue weighted by Gasteiger charge is 2.13. The van der Waals surface area contributed by atoms with Crippen LogP contribution in [-0.2, 0) is 11.2 Å². The Labute approximate surface area is 164 Å². The van der Waals surface area contributed by atoms with Crippen LogP contribution in [0.4, 0.5) is 11.4 Å². The number of benzene rings is 2. The Morgan fingerprint density at radius 1 is 1.11 bits per heavy atom. The number of aryl methyl sites for hydroxylation is 2. The van der Waals surface area contributed by atoms with Gasteiger partial charge >= 0.3 is 0 Å². The molecule has 6 nitrogen and oxygen atoms in total. The fourth-order valence-electron chi connectivity index (χ4n) is 3.42. The Kier molecular flexibility index (Phi) is 5.37. The zero-order chi connectivity index (χ0) is 19.3. The van der Waals surface area contributed by atoms with E-state index in [0.29, 0.717) is 24.6 Å². The monoisotopic (exact) mass is 376 g/mol. The summed E-state index contributed by atoms with van der Waals surface area (Å²) in [6.45, 7) is 4.24. The Hall–Kier alpha value is -3.15. The quantitative estimate of drug-likeness (QED) is 0.697. The molecule has 6 heteroatoms. The number of amides is 1. The minimum Gasteiger partial charge on any atom is -0.421 e. The van der Waals surface area contributed by atoms with Gasteiger partial charge in [-0.05, 0) is 56.2 Å². The summed E-state index contributed by atoms with van der Waals surface area (Å²) in [6.07, 6.45) is 3.21. The number of nitrogens with zero attached hydrogens (tertiary/aromatic N) is 3. The van der Waals surface area contributed by atoms with Crippen molar-refractivity contribution in [3.63, 3.8) is 0 Å². The van der Waals surface area contributed by atoms with Gasteiger partial charge in [-0.1, -0.05) is 17.7 Å². The lowest BCUT2D eigenvalue weighted by molar-refractivity contribution is -0.116. The Balaban J connectivity index is 1.30. The Bertz CT molecular complexity index is 943. The van der Waals surface area contributed by atoms with Gasteiger partial charge in [0, 0.05) is 42.9 Å². The number of carbonyl (C=O) groups excluding carboxylic acids is 1. The molecular weight excluding hydrogens is 352 g/mol. The molecule has 0 bridgehead atoms. The third-order valence-corrected chi connectivity index (χ3v) is 4.92. The highest BCUT2D eigenvalue weighted by Crippen LogP contribution is 2.22. The number of hydrogen-bond donors (Lipinski definition) is 1. The molecule has 2 heterocycles. The lowest BCUT2D eigenvalue weighted by Crippen LogP contribution is -2.17. The SMILES string of the molecule is Cc1cccc(-c2nnc(CCC(=O)Nc3ccc(N4CCCC4)cc3)o2)c1. The van der Waals surface area contributed by atoms with Gasteiger partial charge in [0.2, 0.25) is 17.7 Å². The predicted molar refractivity (Wildman–Crippen MR) is 109 cm³/mol. The van der Waals surface area contributed by atoms with E-state index in [0.717, 1.165) is 29.9 Å². The van der Waals surface area contributed by atoms with Crippen LogP contribution in [0, 0.1) is 6.92 Å². The summed E-state index contributed by atoms with van der Waals surface area (Å²) in [5, 5.41) is 11.1. The zero-order valence-corrected chi connectivity index (χ0v) is 16.0. The Morgan fingerprint density at radius 2 is 1.89 bits per heavy atom. The minimum atomic E-state index is -0.0655. The smallest absolute Gasteiger partial charge is 0.247 e. The first-order chi connectivity index (χ1) is 13.7. The molecule has 1 N–H and O–H groups in total. The fraction of sp³-hybridized carbons (Fsp3) is 0.318. The summed E-state index contributed by atoms with van der Waals surface area (Å²) < 4.78 is 5.69. The van der Waals surface area contributed by atoms with Crippen molar-refractivity contribution in [2.45, 2.75) is 32.6 Å². The van der Waals surface area contributed by atoms with Crippen molar-refractivity contribution in [2.75, 3.05) is 23.3 Å². The van der Waals surface area contributed by atoms with Crippen LogP contribution < -0.4 is 10.2 Å². The van der Waals surface area contributed by atoms with Gasteiger partial charge in [0.15, 0.2) is 0 Å². The van der Waals surface area contributed by atoms with Gasteiger partial charge in [0.05, 0.1) is 0 Å². The van der Waals surface area contributed by atoms with E-state index in [4.69, 9.17) is 4.42 Å². The van der Waals surface area contributed by atoms with Crippen molar-refractivity contribution < 1.29 is 9.21 Å². The highest BCUT2D eigenvalue weighted by atomic mass is 16.4. The molecule has 0 radical (unpaired) electrons. The van der Waals surface area contributed by atoms with Crippen LogP contribution in [0.2, 0.25) is 0 Å². The maximum absolute atomic E-state index is 12.2. The first-order valence-corrected chi connectivity index (χ1v) is 9.72. The minimum absolute atomic E-state index is 0.0655. The summed E-state index contributed by atoms with van der Waals surface area (Å²) in [4.78, 5) is 14.6. The second-order valence-electron chi connectivity index (χ2n) is 7.16. The molecule has 1 aromatic heterocycles. The second kappa shape index (κ2) is 8.25. The molecule has 0 unspecified atom stereocenters. The van der Waals surface area contributed by atoms with Crippen LogP contribution in [-0.4, -0.2) is 29.2 Å². The van der Waals surface area contributed by atoms with E-state index in [1.807, 2.05) is 43.3 Å². The summed E-state index contributed by atoms with van der Waals surface area (Å²) >= 11 is 0. The lowest BCUT2D eigenvalue weighted by Gasteiger charge is -2.17. The predicted octanol–water partition coefficient (Wildman–Crippen LogP) is 4.22.